The van der Waals surface area contributed by atoms with E-state index in [0.717, 1.165) is 5.56 Å². The maximum Gasteiger partial charge on any atom is 0.341 e. The fourth-order valence-corrected chi connectivity index (χ4v) is 1.98. The monoisotopic (exact) mass is 358 g/mol. The van der Waals surface area contributed by atoms with E-state index in [0.29, 0.717) is 5.75 Å². The van der Waals surface area contributed by atoms with Gasteiger partial charge in [0.15, 0.2) is 13.2 Å². The Bertz CT molecular complexity index is 732. The molecule has 0 aliphatic heterocycles. The zero-order valence-electron chi connectivity index (χ0n) is 13.8. The van der Waals surface area contributed by atoms with Crippen molar-refractivity contribution >= 4 is 18.0 Å². The lowest BCUT2D eigenvalue weighted by Crippen LogP contribution is -2.11. The summed E-state index contributed by atoms with van der Waals surface area (Å²) in [6, 6.07) is 14.1. The summed E-state index contributed by atoms with van der Waals surface area (Å²) in [7, 11) is 0. The van der Waals surface area contributed by atoms with Gasteiger partial charge in [0.25, 0.3) is 0 Å². The molecule has 7 heteroatoms. The number of hydrogen-bond acceptors (Lipinski definition) is 5. The molecule has 0 saturated carbocycles. The molecule has 0 unspecified atom stereocenters. The van der Waals surface area contributed by atoms with E-state index in [-0.39, 0.29) is 18.1 Å². The molecular weight excluding hydrogens is 340 g/mol. The SMILES string of the molecule is O=C(O)COc1cc(OC/C=C/c2ccccc2)cc(OCC(=O)O)c1. The summed E-state index contributed by atoms with van der Waals surface area (Å²) in [6.07, 6.45) is 3.71. The Balaban J connectivity index is 2.02. The smallest absolute Gasteiger partial charge is 0.341 e. The minimum Gasteiger partial charge on any atom is -0.489 e. The Morgan fingerprint density at radius 2 is 1.31 bits per heavy atom. The lowest BCUT2D eigenvalue weighted by atomic mass is 10.2. The van der Waals surface area contributed by atoms with Crippen molar-refractivity contribution < 1.29 is 34.0 Å². The summed E-state index contributed by atoms with van der Waals surface area (Å²) in [5.74, 6) is -1.48. The van der Waals surface area contributed by atoms with E-state index in [9.17, 15) is 9.59 Å². The average Bonchev–Trinajstić information content (AvgIpc) is 2.63. The number of carbonyl (C=O) groups is 2. The minimum atomic E-state index is -1.13. The number of aliphatic carboxylic acids is 2. The van der Waals surface area contributed by atoms with Gasteiger partial charge >= 0.3 is 11.9 Å². The van der Waals surface area contributed by atoms with Gasteiger partial charge in [-0.15, -0.1) is 0 Å². The third-order valence-electron chi connectivity index (χ3n) is 3.03. The molecule has 2 aromatic carbocycles. The van der Waals surface area contributed by atoms with Crippen molar-refractivity contribution in [1.82, 2.24) is 0 Å². The normalized spacial score (nSPS) is 10.5. The lowest BCUT2D eigenvalue weighted by Gasteiger charge is -2.11. The molecule has 26 heavy (non-hydrogen) atoms. The van der Waals surface area contributed by atoms with E-state index in [1.165, 1.54) is 18.2 Å². The fourth-order valence-electron chi connectivity index (χ4n) is 1.98. The van der Waals surface area contributed by atoms with Gasteiger partial charge in [-0.1, -0.05) is 36.4 Å². The van der Waals surface area contributed by atoms with Crippen LogP contribution in [-0.4, -0.2) is 42.0 Å². The average molecular weight is 358 g/mol. The standard InChI is InChI=1S/C19H18O7/c20-18(21)12-25-16-9-15(10-17(11-16)26-13-19(22)23)24-8-4-7-14-5-2-1-3-6-14/h1-7,9-11H,8,12-13H2,(H,20,21)(H,22,23)/b7-4+. The van der Waals surface area contributed by atoms with Crippen LogP contribution in [0.1, 0.15) is 5.56 Å². The van der Waals surface area contributed by atoms with Gasteiger partial charge in [0, 0.05) is 18.2 Å². The van der Waals surface area contributed by atoms with E-state index in [2.05, 4.69) is 0 Å². The van der Waals surface area contributed by atoms with Crippen LogP contribution in [0, 0.1) is 0 Å². The van der Waals surface area contributed by atoms with Crippen molar-refractivity contribution in [2.45, 2.75) is 0 Å². The summed E-state index contributed by atoms with van der Waals surface area (Å²) in [4.78, 5) is 21.3. The van der Waals surface area contributed by atoms with Gasteiger partial charge in [-0.25, -0.2) is 9.59 Å². The van der Waals surface area contributed by atoms with Gasteiger partial charge in [-0.3, -0.25) is 0 Å². The Kier molecular flexibility index (Phi) is 7.05. The van der Waals surface area contributed by atoms with Crippen molar-refractivity contribution in [2.24, 2.45) is 0 Å². The second-order valence-electron chi connectivity index (χ2n) is 5.13. The van der Waals surface area contributed by atoms with Crippen LogP contribution in [0.4, 0.5) is 0 Å². The number of carboxylic acids is 2. The first-order valence-corrected chi connectivity index (χ1v) is 7.71. The zero-order chi connectivity index (χ0) is 18.8. The molecule has 0 aliphatic carbocycles. The van der Waals surface area contributed by atoms with Crippen LogP contribution in [-0.2, 0) is 9.59 Å². The number of hydrogen-bond donors (Lipinski definition) is 2. The molecule has 7 nitrogen and oxygen atoms in total. The van der Waals surface area contributed by atoms with E-state index in [4.69, 9.17) is 24.4 Å². The highest BCUT2D eigenvalue weighted by Crippen LogP contribution is 2.28. The minimum absolute atomic E-state index is 0.206. The van der Waals surface area contributed by atoms with Crippen LogP contribution in [0.3, 0.4) is 0 Å². The summed E-state index contributed by atoms with van der Waals surface area (Å²) in [5.41, 5.74) is 1.03. The van der Waals surface area contributed by atoms with Gasteiger partial charge in [-0.2, -0.15) is 0 Å². The van der Waals surface area contributed by atoms with Crippen molar-refractivity contribution in [3.63, 3.8) is 0 Å². The summed E-state index contributed by atoms with van der Waals surface area (Å²) in [6.45, 7) is -0.804. The molecule has 0 amide bonds. The zero-order valence-corrected chi connectivity index (χ0v) is 13.8. The van der Waals surface area contributed by atoms with Gasteiger partial charge < -0.3 is 24.4 Å². The molecular formula is C19H18O7. The molecule has 136 valence electrons. The van der Waals surface area contributed by atoms with E-state index < -0.39 is 25.2 Å². The molecule has 0 aliphatic rings. The lowest BCUT2D eigenvalue weighted by molar-refractivity contribution is -0.140. The molecule has 0 heterocycles. The molecule has 0 atom stereocenters. The second-order valence-corrected chi connectivity index (χ2v) is 5.13. The Hall–Kier alpha value is -3.48. The quantitative estimate of drug-likeness (QED) is 0.673. The predicted octanol–water partition coefficient (Wildman–Crippen LogP) is 2.71. The van der Waals surface area contributed by atoms with Crippen molar-refractivity contribution in [3.8, 4) is 17.2 Å². The third-order valence-corrected chi connectivity index (χ3v) is 3.03. The van der Waals surface area contributed by atoms with E-state index >= 15 is 0 Å². The first-order valence-electron chi connectivity index (χ1n) is 7.71. The van der Waals surface area contributed by atoms with Crippen LogP contribution in [0.5, 0.6) is 17.2 Å². The molecule has 0 radical (unpaired) electrons. The van der Waals surface area contributed by atoms with Crippen molar-refractivity contribution in [3.05, 3.63) is 60.2 Å². The maximum atomic E-state index is 10.6. The molecule has 0 spiro atoms. The van der Waals surface area contributed by atoms with Gasteiger partial charge in [0.05, 0.1) is 0 Å². The highest BCUT2D eigenvalue weighted by Gasteiger charge is 2.07. The largest absolute Gasteiger partial charge is 0.489 e. The van der Waals surface area contributed by atoms with Gasteiger partial charge in [0.1, 0.15) is 23.9 Å². The Labute approximate surface area is 150 Å². The number of carboxylic acid groups (broad SMARTS) is 2. The molecule has 0 fully saturated rings. The van der Waals surface area contributed by atoms with Crippen LogP contribution >= 0.6 is 0 Å². The Morgan fingerprint density at radius 1 is 0.808 bits per heavy atom. The number of ether oxygens (including phenoxy) is 3. The summed E-state index contributed by atoms with van der Waals surface area (Å²) < 4.78 is 15.8. The third kappa shape index (κ3) is 6.96. The maximum absolute atomic E-state index is 10.6. The molecule has 0 bridgehead atoms. The van der Waals surface area contributed by atoms with Crippen LogP contribution in [0.25, 0.3) is 6.08 Å². The van der Waals surface area contributed by atoms with Crippen LogP contribution < -0.4 is 14.2 Å². The van der Waals surface area contributed by atoms with E-state index in [1.807, 2.05) is 42.5 Å². The predicted molar refractivity (Wildman–Crippen MR) is 93.7 cm³/mol. The highest BCUT2D eigenvalue weighted by molar-refractivity contribution is 5.69. The van der Waals surface area contributed by atoms with Gasteiger partial charge in [0.2, 0.25) is 0 Å². The van der Waals surface area contributed by atoms with Crippen molar-refractivity contribution in [1.29, 1.82) is 0 Å². The summed E-state index contributed by atoms with van der Waals surface area (Å²) in [5, 5.41) is 17.4. The highest BCUT2D eigenvalue weighted by atomic mass is 16.5. The number of benzene rings is 2. The first kappa shape index (κ1) is 18.9. The van der Waals surface area contributed by atoms with Crippen molar-refractivity contribution in [2.75, 3.05) is 19.8 Å². The molecule has 2 rings (SSSR count). The molecule has 0 aromatic heterocycles. The summed E-state index contributed by atoms with van der Waals surface area (Å²) >= 11 is 0. The number of rotatable bonds is 10. The van der Waals surface area contributed by atoms with Gasteiger partial charge in [-0.05, 0) is 11.6 Å². The topological polar surface area (TPSA) is 102 Å². The second kappa shape index (κ2) is 9.73. The van der Waals surface area contributed by atoms with Crippen LogP contribution in [0.15, 0.2) is 54.6 Å². The van der Waals surface area contributed by atoms with Crippen LogP contribution in [0.2, 0.25) is 0 Å². The molecule has 2 aromatic rings. The molecule has 2 N–H and O–H groups in total. The molecule has 0 saturated heterocycles. The Morgan fingerprint density at radius 3 is 1.81 bits per heavy atom. The first-order chi connectivity index (χ1) is 12.5. The van der Waals surface area contributed by atoms with E-state index in [1.54, 1.807) is 0 Å². The fraction of sp³-hybridized carbons (Fsp3) is 0.158.